The maximum Gasteiger partial charge on any atom is 0.326 e. The SMILES string of the molecule is CC(C)[C@H](NC(=O)[C@@H](N)CCCCN)C(=O)NCC(=O)N1CCC[C@H]1C(=O)N[C@@H](Cc1ccccc1)C(=O)N[C@@H](CCC(=O)O)C(=O)O. The Morgan fingerprint density at radius 2 is 1.58 bits per heavy atom. The topological polar surface area (TPSA) is 263 Å². The molecule has 0 unspecified atom stereocenters. The van der Waals surface area contributed by atoms with E-state index < -0.39 is 84.6 Å². The fraction of sp³-hybridized carbons (Fsp3) is 0.594. The van der Waals surface area contributed by atoms with Gasteiger partial charge >= 0.3 is 11.9 Å². The molecule has 0 saturated carbocycles. The number of nitrogens with one attached hydrogen (secondary N) is 4. The second kappa shape index (κ2) is 19.9. The molecule has 1 aromatic rings. The maximum atomic E-state index is 13.5. The predicted molar refractivity (Wildman–Crippen MR) is 174 cm³/mol. The Morgan fingerprint density at radius 1 is 0.896 bits per heavy atom. The van der Waals surface area contributed by atoms with Crippen LogP contribution in [-0.2, 0) is 40.0 Å². The Kier molecular flexibility index (Phi) is 16.5. The van der Waals surface area contributed by atoms with Crippen LogP contribution < -0.4 is 32.7 Å². The van der Waals surface area contributed by atoms with Gasteiger partial charge in [0, 0.05) is 19.4 Å². The molecule has 1 fully saturated rings. The minimum absolute atomic E-state index is 0.000601. The number of benzene rings is 1. The molecule has 0 aromatic heterocycles. The Labute approximate surface area is 279 Å². The zero-order valence-corrected chi connectivity index (χ0v) is 27.5. The van der Waals surface area contributed by atoms with Gasteiger partial charge in [0.05, 0.1) is 12.6 Å². The third-order valence-corrected chi connectivity index (χ3v) is 8.02. The third-order valence-electron chi connectivity index (χ3n) is 8.02. The number of hydrogen-bond acceptors (Lipinski definition) is 9. The molecule has 16 nitrogen and oxygen atoms in total. The zero-order chi connectivity index (χ0) is 35.8. The van der Waals surface area contributed by atoms with Gasteiger partial charge in [0.1, 0.15) is 24.2 Å². The van der Waals surface area contributed by atoms with E-state index in [1.54, 1.807) is 44.2 Å². The second-order valence-electron chi connectivity index (χ2n) is 12.2. The molecule has 1 heterocycles. The lowest BCUT2D eigenvalue weighted by Gasteiger charge is -2.28. The number of nitrogens with two attached hydrogens (primary N) is 2. The van der Waals surface area contributed by atoms with Gasteiger partial charge in [0.15, 0.2) is 0 Å². The van der Waals surface area contributed by atoms with Crippen molar-refractivity contribution in [3.63, 3.8) is 0 Å². The van der Waals surface area contributed by atoms with Crippen molar-refractivity contribution in [2.75, 3.05) is 19.6 Å². The smallest absolute Gasteiger partial charge is 0.326 e. The first kappa shape index (κ1) is 39.6. The number of nitrogens with zero attached hydrogens (tertiary/aromatic N) is 1. The Bertz CT molecular complexity index is 1280. The van der Waals surface area contributed by atoms with Crippen LogP contribution in [0.2, 0.25) is 0 Å². The molecule has 2 rings (SSSR count). The van der Waals surface area contributed by atoms with Crippen molar-refractivity contribution < 1.29 is 43.8 Å². The summed E-state index contributed by atoms with van der Waals surface area (Å²) in [5.74, 6) is -6.06. The summed E-state index contributed by atoms with van der Waals surface area (Å²) < 4.78 is 0. The number of carboxylic acid groups (broad SMARTS) is 2. The summed E-state index contributed by atoms with van der Waals surface area (Å²) in [6, 6.07) is 3.22. The molecule has 5 atom stereocenters. The minimum atomic E-state index is -1.50. The molecule has 1 aliphatic heterocycles. The minimum Gasteiger partial charge on any atom is -0.481 e. The summed E-state index contributed by atoms with van der Waals surface area (Å²) in [5.41, 5.74) is 12.1. The van der Waals surface area contributed by atoms with Crippen molar-refractivity contribution in [1.82, 2.24) is 26.2 Å². The molecule has 10 N–H and O–H groups in total. The van der Waals surface area contributed by atoms with E-state index in [2.05, 4.69) is 21.3 Å². The van der Waals surface area contributed by atoms with E-state index in [4.69, 9.17) is 16.6 Å². The van der Waals surface area contributed by atoms with E-state index in [0.717, 1.165) is 0 Å². The number of rotatable bonds is 20. The molecule has 1 saturated heterocycles. The highest BCUT2D eigenvalue weighted by Crippen LogP contribution is 2.18. The van der Waals surface area contributed by atoms with Crippen molar-refractivity contribution in [1.29, 1.82) is 0 Å². The first-order valence-corrected chi connectivity index (χ1v) is 16.2. The van der Waals surface area contributed by atoms with Gasteiger partial charge in [-0.15, -0.1) is 0 Å². The van der Waals surface area contributed by atoms with Crippen LogP contribution in [-0.4, -0.2) is 106 Å². The van der Waals surface area contributed by atoms with Gasteiger partial charge in [-0.3, -0.25) is 28.8 Å². The quantitative estimate of drug-likeness (QED) is 0.0765. The molecule has 0 spiro atoms. The summed E-state index contributed by atoms with van der Waals surface area (Å²) in [5, 5.41) is 28.6. The highest BCUT2D eigenvalue weighted by atomic mass is 16.4. The van der Waals surface area contributed by atoms with Crippen LogP contribution in [0.25, 0.3) is 0 Å². The van der Waals surface area contributed by atoms with E-state index in [1.165, 1.54) is 4.90 Å². The molecule has 266 valence electrons. The van der Waals surface area contributed by atoms with Gasteiger partial charge in [-0.25, -0.2) is 4.79 Å². The van der Waals surface area contributed by atoms with Crippen molar-refractivity contribution in [2.45, 2.75) is 95.4 Å². The van der Waals surface area contributed by atoms with Crippen LogP contribution in [0.3, 0.4) is 0 Å². The average molecular weight is 676 g/mol. The fourth-order valence-corrected chi connectivity index (χ4v) is 5.27. The number of unbranched alkanes of at least 4 members (excludes halogenated alkanes) is 1. The molecule has 1 aromatic carbocycles. The molecule has 0 radical (unpaired) electrons. The summed E-state index contributed by atoms with van der Waals surface area (Å²) >= 11 is 0. The highest BCUT2D eigenvalue weighted by Gasteiger charge is 2.37. The standard InChI is InChI=1S/C32H49N7O9/c1-19(2)27(38-28(43)21(34)11-6-7-15-33)31(46)35-18-25(40)39-16-8-12-24(39)30(45)37-23(17-20-9-4-3-5-10-20)29(44)36-22(32(47)48)13-14-26(41)42/h3-5,9-10,19,21-24,27H,6-8,11-18,33-34H2,1-2H3,(H,35,46)(H,36,44)(H,37,45)(H,38,43)(H,41,42)(H,47,48)/t21-,22-,23-,24-,27-/m0/s1. The van der Waals surface area contributed by atoms with Gasteiger partial charge in [0.2, 0.25) is 29.5 Å². The Hall–Kier alpha value is -4.57. The number of carboxylic acids is 2. The van der Waals surface area contributed by atoms with Crippen LogP contribution in [0.15, 0.2) is 30.3 Å². The number of carbonyl (C=O) groups excluding carboxylic acids is 5. The van der Waals surface area contributed by atoms with Crippen LogP contribution >= 0.6 is 0 Å². The molecule has 0 bridgehead atoms. The van der Waals surface area contributed by atoms with Gasteiger partial charge < -0.3 is 47.8 Å². The van der Waals surface area contributed by atoms with Gasteiger partial charge in [0.25, 0.3) is 0 Å². The molecule has 0 aliphatic carbocycles. The molecule has 16 heteroatoms. The number of carbonyl (C=O) groups is 7. The van der Waals surface area contributed by atoms with E-state index in [1.807, 2.05) is 0 Å². The summed E-state index contributed by atoms with van der Waals surface area (Å²) in [4.78, 5) is 89.5. The van der Waals surface area contributed by atoms with Crippen molar-refractivity contribution >= 4 is 41.5 Å². The molecular formula is C32H49N7O9. The first-order valence-electron chi connectivity index (χ1n) is 16.2. The number of aliphatic carboxylic acids is 2. The third kappa shape index (κ3) is 12.9. The average Bonchev–Trinajstić information content (AvgIpc) is 3.54. The van der Waals surface area contributed by atoms with Crippen molar-refractivity contribution in [3.8, 4) is 0 Å². The van der Waals surface area contributed by atoms with Crippen molar-refractivity contribution in [2.24, 2.45) is 17.4 Å². The monoisotopic (exact) mass is 675 g/mol. The zero-order valence-electron chi connectivity index (χ0n) is 27.5. The van der Waals surface area contributed by atoms with Crippen LogP contribution in [0.5, 0.6) is 0 Å². The summed E-state index contributed by atoms with van der Waals surface area (Å²) in [7, 11) is 0. The van der Waals surface area contributed by atoms with Gasteiger partial charge in [-0.05, 0) is 50.1 Å². The number of hydrogen-bond donors (Lipinski definition) is 8. The van der Waals surface area contributed by atoms with E-state index in [-0.39, 0.29) is 31.7 Å². The molecule has 5 amide bonds. The Balaban J connectivity index is 2.08. The Morgan fingerprint density at radius 3 is 2.19 bits per heavy atom. The number of amides is 5. The molecular weight excluding hydrogens is 626 g/mol. The van der Waals surface area contributed by atoms with E-state index >= 15 is 0 Å². The van der Waals surface area contributed by atoms with Crippen LogP contribution in [0.4, 0.5) is 0 Å². The van der Waals surface area contributed by atoms with E-state index in [0.29, 0.717) is 37.8 Å². The van der Waals surface area contributed by atoms with Gasteiger partial charge in [-0.2, -0.15) is 0 Å². The lowest BCUT2D eigenvalue weighted by molar-refractivity contribution is -0.144. The summed E-state index contributed by atoms with van der Waals surface area (Å²) in [6.07, 6.45) is 1.70. The summed E-state index contributed by atoms with van der Waals surface area (Å²) in [6.45, 7) is 3.73. The molecule has 48 heavy (non-hydrogen) atoms. The lowest BCUT2D eigenvalue weighted by atomic mass is 10.0. The second-order valence-corrected chi connectivity index (χ2v) is 12.2. The van der Waals surface area contributed by atoms with E-state index in [9.17, 15) is 38.7 Å². The maximum absolute atomic E-state index is 13.5. The first-order chi connectivity index (χ1) is 22.7. The largest absolute Gasteiger partial charge is 0.481 e. The highest BCUT2D eigenvalue weighted by molar-refractivity contribution is 5.95. The van der Waals surface area contributed by atoms with Crippen LogP contribution in [0.1, 0.15) is 64.4 Å². The van der Waals surface area contributed by atoms with Crippen molar-refractivity contribution in [3.05, 3.63) is 35.9 Å². The van der Waals surface area contributed by atoms with Crippen LogP contribution in [0, 0.1) is 5.92 Å². The normalized spacial score (nSPS) is 16.7. The van der Waals surface area contributed by atoms with Gasteiger partial charge in [-0.1, -0.05) is 50.6 Å². The lowest BCUT2D eigenvalue weighted by Crippen LogP contribution is -2.57. The molecule has 1 aliphatic rings. The predicted octanol–water partition coefficient (Wildman–Crippen LogP) is -1.15. The number of likely N-dealkylation sites (tertiary alicyclic amines) is 1. The fourth-order valence-electron chi connectivity index (χ4n) is 5.27.